The Bertz CT molecular complexity index is 1040. The Morgan fingerprint density at radius 3 is 2.31 bits per heavy atom. The normalized spacial score (nSPS) is 28.1. The van der Waals surface area contributed by atoms with E-state index < -0.39 is 27.4 Å². The SMILES string of the molecule is COc1cc(C)cc([C@]23CC[C@@H](OS(=O)(=O)c4ccc(C)cc4)[C@@]2(C)O3)c1OC. The second kappa shape index (κ2) is 6.72. The zero-order valence-electron chi connectivity index (χ0n) is 17.3. The molecule has 3 atom stereocenters. The predicted molar refractivity (Wildman–Crippen MR) is 108 cm³/mol. The number of aryl methyl sites for hydroxylation is 2. The molecule has 2 aromatic rings. The van der Waals surface area contributed by atoms with E-state index in [0.717, 1.165) is 16.7 Å². The van der Waals surface area contributed by atoms with Crippen LogP contribution >= 0.6 is 0 Å². The summed E-state index contributed by atoms with van der Waals surface area (Å²) >= 11 is 0. The van der Waals surface area contributed by atoms with E-state index in [1.54, 1.807) is 38.5 Å². The molecule has 6 nitrogen and oxygen atoms in total. The average molecular weight is 419 g/mol. The third kappa shape index (κ3) is 3.03. The lowest BCUT2D eigenvalue weighted by molar-refractivity contribution is 0.0933. The maximum Gasteiger partial charge on any atom is 0.297 e. The topological polar surface area (TPSA) is 74.4 Å². The summed E-state index contributed by atoms with van der Waals surface area (Å²) in [6.45, 7) is 5.79. The third-order valence-electron chi connectivity index (χ3n) is 6.13. The van der Waals surface area contributed by atoms with Gasteiger partial charge in [0.1, 0.15) is 17.3 Å². The maximum absolute atomic E-state index is 12.8. The van der Waals surface area contributed by atoms with Gasteiger partial charge in [0.2, 0.25) is 0 Å². The van der Waals surface area contributed by atoms with Gasteiger partial charge in [-0.3, -0.25) is 4.18 Å². The van der Waals surface area contributed by atoms with E-state index in [-0.39, 0.29) is 4.90 Å². The molecule has 0 spiro atoms. The summed E-state index contributed by atoms with van der Waals surface area (Å²) in [4.78, 5) is 0.152. The van der Waals surface area contributed by atoms with Gasteiger partial charge in [-0.2, -0.15) is 8.42 Å². The fourth-order valence-corrected chi connectivity index (χ4v) is 5.65. The number of hydrogen-bond acceptors (Lipinski definition) is 6. The number of benzene rings is 2. The van der Waals surface area contributed by atoms with Crippen LogP contribution in [0, 0.1) is 13.8 Å². The molecule has 2 fully saturated rings. The van der Waals surface area contributed by atoms with E-state index in [2.05, 4.69) is 0 Å². The molecule has 2 aliphatic rings. The molecule has 2 aromatic carbocycles. The van der Waals surface area contributed by atoms with Gasteiger partial charge in [-0.1, -0.05) is 17.7 Å². The molecular weight excluding hydrogens is 392 g/mol. The summed E-state index contributed by atoms with van der Waals surface area (Å²) in [5.74, 6) is 1.25. The van der Waals surface area contributed by atoms with Gasteiger partial charge in [0, 0.05) is 5.56 Å². The number of methoxy groups -OCH3 is 2. The lowest BCUT2D eigenvalue weighted by Gasteiger charge is -2.19. The molecule has 7 heteroatoms. The quantitative estimate of drug-likeness (QED) is 0.524. The van der Waals surface area contributed by atoms with Gasteiger partial charge in [0.15, 0.2) is 11.5 Å². The summed E-state index contributed by atoms with van der Waals surface area (Å²) in [6.07, 6.45) is 0.631. The molecule has 1 heterocycles. The Balaban J connectivity index is 1.66. The minimum absolute atomic E-state index is 0.152. The van der Waals surface area contributed by atoms with Crippen molar-refractivity contribution in [1.82, 2.24) is 0 Å². The van der Waals surface area contributed by atoms with E-state index in [4.69, 9.17) is 18.4 Å². The minimum atomic E-state index is -3.89. The van der Waals surface area contributed by atoms with Crippen molar-refractivity contribution in [2.75, 3.05) is 14.2 Å². The Kier molecular flexibility index (Phi) is 4.68. The van der Waals surface area contributed by atoms with Crippen molar-refractivity contribution in [2.24, 2.45) is 0 Å². The van der Waals surface area contributed by atoms with Crippen LogP contribution in [0.25, 0.3) is 0 Å². The Morgan fingerprint density at radius 2 is 1.72 bits per heavy atom. The first-order chi connectivity index (χ1) is 13.7. The number of fused-ring (bicyclic) bond motifs is 1. The van der Waals surface area contributed by atoms with E-state index in [1.807, 2.05) is 32.9 Å². The largest absolute Gasteiger partial charge is 0.493 e. The van der Waals surface area contributed by atoms with Crippen LogP contribution in [0.1, 0.15) is 36.5 Å². The molecule has 4 rings (SSSR count). The molecule has 1 saturated heterocycles. The van der Waals surface area contributed by atoms with Gasteiger partial charge < -0.3 is 14.2 Å². The summed E-state index contributed by atoms with van der Waals surface area (Å²) in [5, 5.41) is 0. The second-order valence-corrected chi connectivity index (χ2v) is 9.55. The number of ether oxygens (including phenoxy) is 3. The Labute approximate surface area is 171 Å². The predicted octanol–water partition coefficient (Wildman–Crippen LogP) is 3.87. The van der Waals surface area contributed by atoms with E-state index in [1.165, 1.54) is 0 Å². The Morgan fingerprint density at radius 1 is 1.03 bits per heavy atom. The lowest BCUT2D eigenvalue weighted by Crippen LogP contribution is -2.31. The van der Waals surface area contributed by atoms with Gasteiger partial charge in [-0.15, -0.1) is 0 Å². The van der Waals surface area contributed by atoms with Crippen molar-refractivity contribution >= 4 is 10.1 Å². The summed E-state index contributed by atoms with van der Waals surface area (Å²) < 4.78 is 48.6. The van der Waals surface area contributed by atoms with Gasteiger partial charge in [0.25, 0.3) is 10.1 Å². The average Bonchev–Trinajstić information content (AvgIpc) is 3.22. The van der Waals surface area contributed by atoms with Crippen LogP contribution in [0.5, 0.6) is 11.5 Å². The molecule has 1 saturated carbocycles. The van der Waals surface area contributed by atoms with Crippen LogP contribution in [0.3, 0.4) is 0 Å². The first-order valence-corrected chi connectivity index (χ1v) is 11.0. The zero-order chi connectivity index (χ0) is 21.0. The van der Waals surface area contributed by atoms with E-state index in [0.29, 0.717) is 24.3 Å². The molecular formula is C22H26O6S. The van der Waals surface area contributed by atoms with Crippen LogP contribution in [0.4, 0.5) is 0 Å². The highest BCUT2D eigenvalue weighted by Gasteiger charge is 2.77. The second-order valence-electron chi connectivity index (χ2n) is 7.97. The monoisotopic (exact) mass is 418 g/mol. The van der Waals surface area contributed by atoms with E-state index in [9.17, 15) is 8.42 Å². The van der Waals surface area contributed by atoms with Crippen LogP contribution < -0.4 is 9.47 Å². The highest BCUT2D eigenvalue weighted by molar-refractivity contribution is 7.86. The molecule has 0 N–H and O–H groups in total. The smallest absolute Gasteiger partial charge is 0.297 e. The van der Waals surface area contributed by atoms with Crippen LogP contribution in [0.2, 0.25) is 0 Å². The lowest BCUT2D eigenvalue weighted by atomic mass is 9.87. The Hall–Kier alpha value is -2.09. The highest BCUT2D eigenvalue weighted by Crippen LogP contribution is 2.68. The number of rotatable bonds is 6. The van der Waals surface area contributed by atoms with Gasteiger partial charge in [0.05, 0.1) is 19.1 Å². The van der Waals surface area contributed by atoms with Gasteiger partial charge in [-0.25, -0.2) is 0 Å². The molecule has 0 amide bonds. The van der Waals surface area contributed by atoms with Crippen LogP contribution in [-0.2, 0) is 24.6 Å². The molecule has 1 aliphatic carbocycles. The summed E-state index contributed by atoms with van der Waals surface area (Å²) in [5.41, 5.74) is 1.48. The van der Waals surface area contributed by atoms with Crippen LogP contribution in [-0.4, -0.2) is 34.3 Å². The number of epoxide rings is 1. The summed E-state index contributed by atoms with van der Waals surface area (Å²) in [6, 6.07) is 10.6. The fraction of sp³-hybridized carbons (Fsp3) is 0.455. The molecule has 29 heavy (non-hydrogen) atoms. The van der Waals surface area contributed by atoms with Crippen molar-refractivity contribution in [2.45, 2.75) is 55.8 Å². The van der Waals surface area contributed by atoms with Crippen molar-refractivity contribution in [3.05, 3.63) is 53.1 Å². The molecule has 0 radical (unpaired) electrons. The summed E-state index contributed by atoms with van der Waals surface area (Å²) in [7, 11) is -0.694. The van der Waals surface area contributed by atoms with E-state index >= 15 is 0 Å². The van der Waals surface area contributed by atoms with Crippen molar-refractivity contribution < 1.29 is 26.8 Å². The van der Waals surface area contributed by atoms with Crippen molar-refractivity contribution in [3.8, 4) is 11.5 Å². The van der Waals surface area contributed by atoms with Crippen molar-refractivity contribution in [3.63, 3.8) is 0 Å². The molecule has 0 bridgehead atoms. The van der Waals surface area contributed by atoms with Gasteiger partial charge >= 0.3 is 0 Å². The molecule has 0 unspecified atom stereocenters. The highest BCUT2D eigenvalue weighted by atomic mass is 32.2. The van der Waals surface area contributed by atoms with Gasteiger partial charge in [-0.05, 0) is 63.4 Å². The zero-order valence-corrected chi connectivity index (χ0v) is 18.1. The van der Waals surface area contributed by atoms with Crippen molar-refractivity contribution in [1.29, 1.82) is 0 Å². The number of hydrogen-bond donors (Lipinski definition) is 0. The molecule has 156 valence electrons. The first-order valence-electron chi connectivity index (χ1n) is 9.60. The van der Waals surface area contributed by atoms with Crippen LogP contribution in [0.15, 0.2) is 41.3 Å². The molecule has 1 aliphatic heterocycles. The maximum atomic E-state index is 12.8. The fourth-order valence-electron chi connectivity index (χ4n) is 4.48. The first kappa shape index (κ1) is 20.2. The minimum Gasteiger partial charge on any atom is -0.493 e. The standard InChI is InChI=1S/C22H26O6S/c1-14-6-8-16(9-7-14)29(23,24)27-19-10-11-22(21(19,3)28-22)17-12-15(2)13-18(25-4)20(17)26-5/h6-9,12-13,19H,10-11H2,1-5H3/t19-,21-,22-/m1/s1. The molecule has 0 aromatic heterocycles. The third-order valence-corrected chi connectivity index (χ3v) is 7.47.